The summed E-state index contributed by atoms with van der Waals surface area (Å²) in [6.45, 7) is 3.81. The average Bonchev–Trinajstić information content (AvgIpc) is 2.36. The smallest absolute Gasteiger partial charge is 0.326 e. The van der Waals surface area contributed by atoms with Gasteiger partial charge in [0.1, 0.15) is 11.9 Å². The molecule has 110 valence electrons. The zero-order valence-electron chi connectivity index (χ0n) is 11.7. The van der Waals surface area contributed by atoms with Gasteiger partial charge in [-0.2, -0.15) is 0 Å². The van der Waals surface area contributed by atoms with Gasteiger partial charge in [0.2, 0.25) is 5.91 Å². The zero-order chi connectivity index (χ0) is 15.1. The van der Waals surface area contributed by atoms with E-state index >= 15 is 0 Å². The van der Waals surface area contributed by atoms with E-state index in [1.165, 1.54) is 12.1 Å². The summed E-state index contributed by atoms with van der Waals surface area (Å²) in [5.74, 6) is -1.45. The van der Waals surface area contributed by atoms with Crippen molar-refractivity contribution in [2.24, 2.45) is 5.92 Å². The minimum atomic E-state index is -1.02. The van der Waals surface area contributed by atoms with Crippen LogP contribution in [0, 0.1) is 11.7 Å². The number of halogens is 1. The number of carbonyl (C=O) groups excluding carboxylic acids is 1. The molecule has 0 bridgehead atoms. The average molecular weight is 281 g/mol. The molecular weight excluding hydrogens is 261 g/mol. The highest BCUT2D eigenvalue weighted by Crippen LogP contribution is 2.07. The second kappa shape index (κ2) is 7.62. The number of nitrogens with one attached hydrogen (secondary N) is 1. The summed E-state index contributed by atoms with van der Waals surface area (Å²) < 4.78 is 12.7. The fourth-order valence-electron chi connectivity index (χ4n) is 1.87. The van der Waals surface area contributed by atoms with Crippen LogP contribution in [0.2, 0.25) is 0 Å². The first-order chi connectivity index (χ1) is 9.38. The van der Waals surface area contributed by atoms with Gasteiger partial charge in [0, 0.05) is 6.42 Å². The molecular formula is C15H20FNO3. The van der Waals surface area contributed by atoms with Crippen LogP contribution in [0.5, 0.6) is 0 Å². The van der Waals surface area contributed by atoms with Crippen molar-refractivity contribution >= 4 is 11.9 Å². The summed E-state index contributed by atoms with van der Waals surface area (Å²) in [5, 5.41) is 11.5. The van der Waals surface area contributed by atoms with Crippen LogP contribution >= 0.6 is 0 Å². The van der Waals surface area contributed by atoms with E-state index in [1.54, 1.807) is 12.1 Å². The highest BCUT2D eigenvalue weighted by Gasteiger charge is 2.20. The lowest BCUT2D eigenvalue weighted by Crippen LogP contribution is -2.41. The molecule has 5 heteroatoms. The van der Waals surface area contributed by atoms with E-state index in [2.05, 4.69) is 5.32 Å². The first-order valence-corrected chi connectivity index (χ1v) is 6.65. The summed E-state index contributed by atoms with van der Waals surface area (Å²) in [4.78, 5) is 22.8. The lowest BCUT2D eigenvalue weighted by atomic mass is 10.0. The predicted octanol–water partition coefficient (Wildman–Crippen LogP) is 2.37. The lowest BCUT2D eigenvalue weighted by molar-refractivity contribution is -0.142. The highest BCUT2D eigenvalue weighted by atomic mass is 19.1. The minimum Gasteiger partial charge on any atom is -0.480 e. The third-order valence-electron chi connectivity index (χ3n) is 2.89. The van der Waals surface area contributed by atoms with E-state index in [0.717, 1.165) is 5.56 Å². The standard InChI is InChI=1S/C15H20FNO3/c1-10(2)9-13(15(19)20)17-14(18)8-5-11-3-6-12(16)7-4-11/h3-4,6-7,10,13H,5,8-9H2,1-2H3,(H,17,18)(H,19,20). The van der Waals surface area contributed by atoms with Crippen molar-refractivity contribution in [1.29, 1.82) is 0 Å². The Morgan fingerprint density at radius 3 is 2.35 bits per heavy atom. The van der Waals surface area contributed by atoms with E-state index in [9.17, 15) is 14.0 Å². The fraction of sp³-hybridized carbons (Fsp3) is 0.467. The number of aryl methyl sites for hydroxylation is 1. The Morgan fingerprint density at radius 2 is 1.85 bits per heavy atom. The molecule has 1 atom stereocenters. The number of benzene rings is 1. The first kappa shape index (κ1) is 16.1. The monoisotopic (exact) mass is 281 g/mol. The second-order valence-corrected chi connectivity index (χ2v) is 5.21. The number of amides is 1. The third kappa shape index (κ3) is 5.82. The molecule has 0 fully saturated rings. The van der Waals surface area contributed by atoms with Crippen molar-refractivity contribution in [1.82, 2.24) is 5.32 Å². The van der Waals surface area contributed by atoms with Gasteiger partial charge >= 0.3 is 5.97 Å². The molecule has 0 saturated carbocycles. The van der Waals surface area contributed by atoms with Crippen LogP contribution < -0.4 is 5.32 Å². The van der Waals surface area contributed by atoms with E-state index in [4.69, 9.17) is 5.11 Å². The number of carbonyl (C=O) groups is 2. The van der Waals surface area contributed by atoms with Gasteiger partial charge in [-0.25, -0.2) is 9.18 Å². The number of aliphatic carboxylic acids is 1. The van der Waals surface area contributed by atoms with Crippen molar-refractivity contribution in [3.8, 4) is 0 Å². The Hall–Kier alpha value is -1.91. The largest absolute Gasteiger partial charge is 0.480 e. The minimum absolute atomic E-state index is 0.188. The van der Waals surface area contributed by atoms with Crippen LogP contribution in [0.15, 0.2) is 24.3 Å². The van der Waals surface area contributed by atoms with Crippen molar-refractivity contribution in [2.45, 2.75) is 39.2 Å². The highest BCUT2D eigenvalue weighted by molar-refractivity contribution is 5.83. The number of carboxylic acids is 1. The van der Waals surface area contributed by atoms with E-state index in [1.807, 2.05) is 13.8 Å². The van der Waals surface area contributed by atoms with Gasteiger partial charge in [-0.3, -0.25) is 4.79 Å². The third-order valence-corrected chi connectivity index (χ3v) is 2.89. The fourth-order valence-corrected chi connectivity index (χ4v) is 1.87. The maximum Gasteiger partial charge on any atom is 0.326 e. The molecule has 20 heavy (non-hydrogen) atoms. The zero-order valence-corrected chi connectivity index (χ0v) is 11.7. The molecule has 0 aromatic heterocycles. The van der Waals surface area contributed by atoms with E-state index in [0.29, 0.717) is 12.8 Å². The molecule has 4 nitrogen and oxygen atoms in total. The number of rotatable bonds is 7. The Morgan fingerprint density at radius 1 is 1.25 bits per heavy atom. The van der Waals surface area contributed by atoms with Gasteiger partial charge in [0.25, 0.3) is 0 Å². The Bertz CT molecular complexity index is 457. The molecule has 0 heterocycles. The van der Waals surface area contributed by atoms with Crippen molar-refractivity contribution in [2.75, 3.05) is 0 Å². The molecule has 1 unspecified atom stereocenters. The molecule has 1 aromatic carbocycles. The molecule has 0 spiro atoms. The summed E-state index contributed by atoms with van der Waals surface area (Å²) in [6.07, 6.45) is 1.05. The van der Waals surface area contributed by atoms with Gasteiger partial charge in [-0.15, -0.1) is 0 Å². The molecule has 1 amide bonds. The number of carboxylic acid groups (broad SMARTS) is 1. The molecule has 1 aromatic rings. The van der Waals surface area contributed by atoms with Crippen LogP contribution in [0.4, 0.5) is 4.39 Å². The van der Waals surface area contributed by atoms with E-state index in [-0.39, 0.29) is 24.1 Å². The summed E-state index contributed by atoms with van der Waals surface area (Å²) in [7, 11) is 0. The number of hydrogen-bond acceptors (Lipinski definition) is 2. The van der Waals surface area contributed by atoms with Crippen LogP contribution in [-0.4, -0.2) is 23.0 Å². The van der Waals surface area contributed by atoms with E-state index < -0.39 is 12.0 Å². The Balaban J connectivity index is 2.45. The lowest BCUT2D eigenvalue weighted by Gasteiger charge is -2.16. The Kier molecular flexibility index (Phi) is 6.15. The van der Waals surface area contributed by atoms with Gasteiger partial charge in [0.05, 0.1) is 0 Å². The summed E-state index contributed by atoms with van der Waals surface area (Å²) >= 11 is 0. The molecule has 0 saturated heterocycles. The van der Waals surface area contributed by atoms with Crippen LogP contribution in [0.3, 0.4) is 0 Å². The molecule has 0 aliphatic heterocycles. The first-order valence-electron chi connectivity index (χ1n) is 6.65. The van der Waals surface area contributed by atoms with Crippen LogP contribution in [0.1, 0.15) is 32.3 Å². The Labute approximate surface area is 118 Å². The van der Waals surface area contributed by atoms with Crippen molar-refractivity contribution in [3.63, 3.8) is 0 Å². The topological polar surface area (TPSA) is 66.4 Å². The number of hydrogen-bond donors (Lipinski definition) is 2. The normalized spacial score (nSPS) is 12.2. The molecule has 1 rings (SSSR count). The van der Waals surface area contributed by atoms with Gasteiger partial charge in [-0.05, 0) is 36.5 Å². The van der Waals surface area contributed by atoms with Crippen molar-refractivity contribution in [3.05, 3.63) is 35.6 Å². The quantitative estimate of drug-likeness (QED) is 0.806. The molecule has 2 N–H and O–H groups in total. The molecule has 0 radical (unpaired) electrons. The summed E-state index contributed by atoms with van der Waals surface area (Å²) in [5.41, 5.74) is 0.845. The summed E-state index contributed by atoms with van der Waals surface area (Å²) in [6, 6.07) is 5.06. The van der Waals surface area contributed by atoms with Crippen molar-refractivity contribution < 1.29 is 19.1 Å². The predicted molar refractivity (Wildman–Crippen MR) is 73.7 cm³/mol. The van der Waals surface area contributed by atoms with Crippen LogP contribution in [0.25, 0.3) is 0 Å². The van der Waals surface area contributed by atoms with Gasteiger partial charge < -0.3 is 10.4 Å². The maximum absolute atomic E-state index is 12.7. The molecule has 0 aliphatic rings. The van der Waals surface area contributed by atoms with Gasteiger partial charge in [0.15, 0.2) is 0 Å². The SMILES string of the molecule is CC(C)CC(NC(=O)CCc1ccc(F)cc1)C(=O)O. The second-order valence-electron chi connectivity index (χ2n) is 5.21. The molecule has 0 aliphatic carbocycles. The maximum atomic E-state index is 12.7. The van der Waals surface area contributed by atoms with Gasteiger partial charge in [-0.1, -0.05) is 26.0 Å². The van der Waals surface area contributed by atoms with Crippen LogP contribution in [-0.2, 0) is 16.0 Å².